The van der Waals surface area contributed by atoms with Gasteiger partial charge in [0.15, 0.2) is 0 Å². The maximum atomic E-state index is 11.2. The Morgan fingerprint density at radius 2 is 2.08 bits per heavy atom. The molecule has 0 radical (unpaired) electrons. The highest BCUT2D eigenvalue weighted by Gasteiger charge is 2.24. The maximum absolute atomic E-state index is 11.2. The zero-order chi connectivity index (χ0) is 19.5. The topological polar surface area (TPSA) is 58.6 Å². The number of rotatable bonds is 6. The summed E-state index contributed by atoms with van der Waals surface area (Å²) in [6, 6.07) is 6.57. The molecule has 1 aromatic carbocycles. The third-order valence-electron chi connectivity index (χ3n) is 4.18. The van der Waals surface area contributed by atoms with Gasteiger partial charge >= 0.3 is 0 Å². The number of nitrogens with one attached hydrogen (secondary N) is 1. The number of hydrogen-bond donors (Lipinski definition) is 1. The van der Waals surface area contributed by atoms with Crippen LogP contribution in [-0.2, 0) is 14.3 Å². The Kier molecular flexibility index (Phi) is 9.58. The first-order chi connectivity index (χ1) is 12.5. The third-order valence-corrected chi connectivity index (χ3v) is 5.45. The fourth-order valence-corrected chi connectivity index (χ4v) is 3.56. The normalized spacial score (nSPS) is 18.2. The maximum Gasteiger partial charge on any atom is 0.292 e. The molecule has 5 nitrogen and oxygen atoms in total. The molecule has 2 rings (SSSR count). The first-order valence-corrected chi connectivity index (χ1v) is 9.46. The Balaban J connectivity index is 0.000000765. The summed E-state index contributed by atoms with van der Waals surface area (Å²) in [7, 11) is 1.31. The first-order valence-electron chi connectivity index (χ1n) is 8.48. The lowest BCUT2D eigenvalue weighted by Gasteiger charge is -2.17. The van der Waals surface area contributed by atoms with Gasteiger partial charge in [-0.15, -0.1) is 11.8 Å². The largest absolute Gasteiger partial charge is 0.471 e. The number of anilines is 1. The van der Waals surface area contributed by atoms with E-state index in [4.69, 9.17) is 4.79 Å². The molecule has 0 aromatic heterocycles. The first kappa shape index (κ1) is 21.8. The summed E-state index contributed by atoms with van der Waals surface area (Å²) in [6.07, 6.45) is 5.14. The van der Waals surface area contributed by atoms with Gasteiger partial charge in [0.1, 0.15) is 0 Å². The molecule has 0 spiro atoms. The number of ether oxygens (including phenoxy) is 1. The molecule has 1 N–H and O–H groups in total. The van der Waals surface area contributed by atoms with E-state index in [1.807, 2.05) is 11.8 Å². The number of allylic oxidation sites excluding steroid dienone is 1. The second kappa shape index (κ2) is 11.4. The van der Waals surface area contributed by atoms with Crippen molar-refractivity contribution in [2.24, 2.45) is 0 Å². The summed E-state index contributed by atoms with van der Waals surface area (Å²) in [6.45, 7) is 9.50. The Hall–Kier alpha value is -2.21. The lowest BCUT2D eigenvalue weighted by atomic mass is 10.1. The van der Waals surface area contributed by atoms with Gasteiger partial charge in [0.25, 0.3) is 6.47 Å². The number of methoxy groups -OCH3 is 1. The lowest BCUT2D eigenvalue weighted by molar-refractivity contribution is -0.126. The van der Waals surface area contributed by atoms with Gasteiger partial charge in [0.2, 0.25) is 6.41 Å². The van der Waals surface area contributed by atoms with Gasteiger partial charge in [-0.3, -0.25) is 9.59 Å². The van der Waals surface area contributed by atoms with Crippen molar-refractivity contribution in [2.75, 3.05) is 24.7 Å². The number of aryl methyl sites for hydroxylation is 1. The van der Waals surface area contributed by atoms with E-state index in [0.29, 0.717) is 6.47 Å². The van der Waals surface area contributed by atoms with Crippen LogP contribution in [-0.4, -0.2) is 43.2 Å². The van der Waals surface area contributed by atoms with Crippen molar-refractivity contribution < 1.29 is 14.3 Å². The van der Waals surface area contributed by atoms with Crippen LogP contribution in [0.15, 0.2) is 41.0 Å². The summed E-state index contributed by atoms with van der Waals surface area (Å²) in [5.41, 5.74) is 4.92. The zero-order valence-corrected chi connectivity index (χ0v) is 16.9. The minimum Gasteiger partial charge on any atom is -0.471 e. The summed E-state index contributed by atoms with van der Waals surface area (Å²) in [4.78, 5) is 22.0. The van der Waals surface area contributed by atoms with E-state index in [1.165, 1.54) is 23.8 Å². The van der Waals surface area contributed by atoms with Gasteiger partial charge in [-0.2, -0.15) is 0 Å². The number of nitrogens with zero attached hydrogens (tertiary/aromatic N) is 1. The molecule has 0 saturated carbocycles. The standard InChI is InChI=1S/C18H24N2OS.C2H4O2/c1-5-16(9-18-20(12-21)14(3)11-22-18)10-19-17-8-6-7-13(2)15(17)4;1-4-2-3/h5-9,12,14,19H,10-11H2,1-4H3;2H,1H3/b16-5+,18-9+;. The van der Waals surface area contributed by atoms with E-state index >= 15 is 0 Å². The minimum atomic E-state index is 0.277. The lowest BCUT2D eigenvalue weighted by Crippen LogP contribution is -2.25. The number of carbonyl (C=O) groups is 2. The highest BCUT2D eigenvalue weighted by atomic mass is 32.2. The van der Waals surface area contributed by atoms with Gasteiger partial charge in [0, 0.05) is 24.0 Å². The molecular weight excluding hydrogens is 348 g/mol. The molecule has 26 heavy (non-hydrogen) atoms. The number of benzene rings is 1. The summed E-state index contributed by atoms with van der Waals surface area (Å²) >= 11 is 1.74. The molecule has 1 atom stereocenters. The van der Waals surface area contributed by atoms with Gasteiger partial charge in [-0.25, -0.2) is 0 Å². The molecule has 0 aliphatic carbocycles. The molecule has 142 valence electrons. The highest BCUT2D eigenvalue weighted by molar-refractivity contribution is 8.03. The fraction of sp³-hybridized carbons (Fsp3) is 0.400. The molecule has 1 unspecified atom stereocenters. The third kappa shape index (κ3) is 6.26. The molecule has 1 aromatic rings. The Morgan fingerprint density at radius 1 is 1.38 bits per heavy atom. The van der Waals surface area contributed by atoms with Gasteiger partial charge in [-0.05, 0) is 56.5 Å². The van der Waals surface area contributed by atoms with Crippen LogP contribution in [0.25, 0.3) is 0 Å². The van der Waals surface area contributed by atoms with Crippen molar-refractivity contribution >= 4 is 30.3 Å². The molecular formula is C20H28N2O3S. The Labute approximate surface area is 160 Å². The molecule has 1 fully saturated rings. The molecule has 1 aliphatic heterocycles. The summed E-state index contributed by atoms with van der Waals surface area (Å²) in [5, 5.41) is 4.53. The van der Waals surface area contributed by atoms with Crippen LogP contribution < -0.4 is 5.32 Å². The Bertz CT molecular complexity index is 671. The highest BCUT2D eigenvalue weighted by Crippen LogP contribution is 2.32. The van der Waals surface area contributed by atoms with Crippen molar-refractivity contribution in [3.05, 3.63) is 52.1 Å². The molecule has 6 heteroatoms. The van der Waals surface area contributed by atoms with Gasteiger partial charge in [-0.1, -0.05) is 18.2 Å². The average molecular weight is 377 g/mol. The van der Waals surface area contributed by atoms with Crippen LogP contribution >= 0.6 is 11.8 Å². The number of amides is 1. The molecule has 0 bridgehead atoms. The average Bonchev–Trinajstić information content (AvgIpc) is 3.01. The van der Waals surface area contributed by atoms with Crippen molar-refractivity contribution in [3.63, 3.8) is 0 Å². The molecule has 1 heterocycles. The monoisotopic (exact) mass is 376 g/mol. The predicted octanol–water partition coefficient (Wildman–Crippen LogP) is 3.89. The van der Waals surface area contributed by atoms with Crippen molar-refractivity contribution in [1.82, 2.24) is 4.90 Å². The van der Waals surface area contributed by atoms with Crippen molar-refractivity contribution in [1.29, 1.82) is 0 Å². The second-order valence-corrected chi connectivity index (χ2v) is 6.99. The summed E-state index contributed by atoms with van der Waals surface area (Å²) in [5.74, 6) is 0.964. The quantitative estimate of drug-likeness (QED) is 0.764. The van der Waals surface area contributed by atoms with Crippen LogP contribution in [0.5, 0.6) is 0 Å². The molecule has 1 saturated heterocycles. The van der Waals surface area contributed by atoms with Crippen LogP contribution in [0.3, 0.4) is 0 Å². The van der Waals surface area contributed by atoms with E-state index in [1.54, 1.807) is 11.8 Å². The van der Waals surface area contributed by atoms with E-state index in [-0.39, 0.29) is 6.04 Å². The molecule has 1 aliphatic rings. The summed E-state index contributed by atoms with van der Waals surface area (Å²) < 4.78 is 3.86. The number of hydrogen-bond acceptors (Lipinski definition) is 5. The van der Waals surface area contributed by atoms with E-state index in [0.717, 1.165) is 29.4 Å². The predicted molar refractivity (Wildman–Crippen MR) is 109 cm³/mol. The van der Waals surface area contributed by atoms with Gasteiger partial charge in [0.05, 0.1) is 12.1 Å². The van der Waals surface area contributed by atoms with E-state index < -0.39 is 0 Å². The van der Waals surface area contributed by atoms with E-state index in [2.05, 4.69) is 61.2 Å². The van der Waals surface area contributed by atoms with Crippen LogP contribution in [0.4, 0.5) is 5.69 Å². The smallest absolute Gasteiger partial charge is 0.292 e. The second-order valence-electron chi connectivity index (χ2n) is 5.95. The van der Waals surface area contributed by atoms with Crippen molar-refractivity contribution in [3.8, 4) is 0 Å². The van der Waals surface area contributed by atoms with Crippen LogP contribution in [0.2, 0.25) is 0 Å². The zero-order valence-electron chi connectivity index (χ0n) is 16.1. The van der Waals surface area contributed by atoms with E-state index in [9.17, 15) is 4.79 Å². The van der Waals surface area contributed by atoms with Crippen LogP contribution in [0, 0.1) is 13.8 Å². The van der Waals surface area contributed by atoms with Gasteiger partial charge < -0.3 is 15.0 Å². The Morgan fingerprint density at radius 3 is 2.65 bits per heavy atom. The van der Waals surface area contributed by atoms with Crippen LogP contribution in [0.1, 0.15) is 25.0 Å². The minimum absolute atomic E-state index is 0.277. The number of thioether (sulfide) groups is 1. The fourth-order valence-electron chi connectivity index (χ4n) is 2.38. The molecule has 1 amide bonds. The number of carbonyl (C=O) groups excluding carboxylic acids is 2. The SMILES string of the molecule is C/C=C(\C=C1\SCC(C)N1C=O)CNc1cccc(C)c1C.COC=O. The van der Waals surface area contributed by atoms with Crippen molar-refractivity contribution in [2.45, 2.75) is 33.7 Å².